The van der Waals surface area contributed by atoms with Crippen LogP contribution in [0.15, 0.2) is 340 Å². The van der Waals surface area contributed by atoms with E-state index in [0.717, 1.165) is 152 Å². The van der Waals surface area contributed by atoms with Gasteiger partial charge in [-0.15, -0.1) is 0 Å². The summed E-state index contributed by atoms with van der Waals surface area (Å²) < 4.78 is 54.2. The van der Waals surface area contributed by atoms with Crippen LogP contribution in [0.25, 0.3) is 196 Å². The molecular formula is C96H56CaO8P2. The first kappa shape index (κ1) is 64.9. The van der Waals surface area contributed by atoms with Gasteiger partial charge in [0.25, 0.3) is 0 Å². The molecule has 11 heteroatoms. The second-order valence-corrected chi connectivity index (χ2v) is 30.0. The normalized spacial score (nSPS) is 13.4. The van der Waals surface area contributed by atoms with E-state index in [4.69, 9.17) is 18.1 Å². The van der Waals surface area contributed by atoms with E-state index in [-0.39, 0.29) is 60.7 Å². The Labute approximate surface area is 643 Å². The van der Waals surface area contributed by atoms with Gasteiger partial charge in [-0.1, -0.05) is 291 Å². The standard InChI is InChI=1S/2C48H29O4P.Ca/c2*49-53(50)51-47-41(43-35-19-7-1-13-29(35)25-30-14-2-8-20-36(30)43)27-33-17-5-11-23-39(33)45(47)46-40-24-12-6-18-34(40)28-42(48(46)52-53)44-37-21-9-3-15-31(37)26-32-16-4-10-22-38(32)44;/h2*1-28H,(H,49,50);/q;;+2/p-2. The monoisotopic (exact) mass is 1440 g/mol. The first-order valence-electron chi connectivity index (χ1n) is 35.3. The van der Waals surface area contributed by atoms with Gasteiger partial charge in [0, 0.05) is 66.8 Å². The van der Waals surface area contributed by atoms with Gasteiger partial charge in [0.1, 0.15) is 23.0 Å². The predicted molar refractivity (Wildman–Crippen MR) is 439 cm³/mol. The van der Waals surface area contributed by atoms with Crippen LogP contribution >= 0.6 is 15.6 Å². The van der Waals surface area contributed by atoms with Gasteiger partial charge in [-0.25, -0.2) is 9.13 Å². The van der Waals surface area contributed by atoms with E-state index in [1.54, 1.807) is 0 Å². The van der Waals surface area contributed by atoms with Crippen LogP contribution in [-0.4, -0.2) is 37.7 Å². The van der Waals surface area contributed by atoms with Gasteiger partial charge in [-0.2, -0.15) is 0 Å². The molecule has 0 spiro atoms. The summed E-state index contributed by atoms with van der Waals surface area (Å²) in [6.45, 7) is 0. The molecule has 8 nitrogen and oxygen atoms in total. The van der Waals surface area contributed by atoms with Gasteiger partial charge in [0.2, 0.25) is 0 Å². The van der Waals surface area contributed by atoms with Gasteiger partial charge >= 0.3 is 53.4 Å². The van der Waals surface area contributed by atoms with Crippen molar-refractivity contribution in [2.75, 3.05) is 0 Å². The Balaban J connectivity index is 0.000000140. The maximum Gasteiger partial charge on any atom is 2.00 e. The maximum atomic E-state index is 14.5. The van der Waals surface area contributed by atoms with E-state index in [9.17, 15) is 18.9 Å². The molecule has 0 fully saturated rings. The smallest absolute Gasteiger partial charge is 0.736 e. The minimum absolute atomic E-state index is 0. The van der Waals surface area contributed by atoms with Crippen molar-refractivity contribution in [1.29, 1.82) is 0 Å². The molecule has 2 aliphatic heterocycles. The minimum Gasteiger partial charge on any atom is -0.736 e. The maximum absolute atomic E-state index is 14.5. The van der Waals surface area contributed by atoms with Crippen molar-refractivity contribution in [3.63, 3.8) is 0 Å². The first-order chi connectivity index (χ1) is 52.0. The second kappa shape index (κ2) is 25.3. The SMILES string of the molecule is O=P1([O-])Oc2c(-c3c4ccccc4cc4ccccc34)cc3ccccc3c2-c2c(c(-c3c4ccccc4cc4ccccc34)cc3ccccc23)O1.O=P1([O-])Oc2c(-c3c4ccccc4cc4ccccc34)cc3ccccc3c2-c2c(c(-c3c4ccccc4cc4ccccc34)cc3ccccc23)O1.[Ca+2]. The fraction of sp³-hybridized carbons (Fsp3) is 0. The third kappa shape index (κ3) is 10.5. The number of fused-ring (bicyclic) bond motifs is 22. The van der Waals surface area contributed by atoms with E-state index in [2.05, 4.69) is 170 Å². The molecular weight excluding hydrogens is 1380 g/mol. The Morgan fingerprint density at radius 3 is 0.449 bits per heavy atom. The molecule has 0 bridgehead atoms. The number of benzene rings is 20. The van der Waals surface area contributed by atoms with Gasteiger partial charge in [0.15, 0.2) is 0 Å². The molecule has 2 heterocycles. The molecule has 22 rings (SSSR count). The summed E-state index contributed by atoms with van der Waals surface area (Å²) in [5.41, 5.74) is 9.09. The molecule has 107 heavy (non-hydrogen) atoms. The van der Waals surface area contributed by atoms with E-state index in [1.807, 2.05) is 170 Å². The fourth-order valence-electron chi connectivity index (χ4n) is 17.1. The molecule has 20 aromatic rings. The van der Waals surface area contributed by atoms with Crippen LogP contribution in [-0.2, 0) is 9.13 Å². The Hall–Kier alpha value is -11.6. The van der Waals surface area contributed by atoms with Crippen molar-refractivity contribution in [3.8, 4) is 89.8 Å². The largest absolute Gasteiger partial charge is 2.00 e. The topological polar surface area (TPSA) is 117 Å². The average molecular weight is 1440 g/mol. The van der Waals surface area contributed by atoms with Gasteiger partial charge < -0.3 is 27.9 Å². The molecule has 2 aliphatic rings. The van der Waals surface area contributed by atoms with E-state index >= 15 is 0 Å². The molecule has 20 aromatic carbocycles. The predicted octanol–water partition coefficient (Wildman–Crippen LogP) is 25.3. The quantitative estimate of drug-likeness (QED) is 0.0972. The van der Waals surface area contributed by atoms with Crippen LogP contribution in [0.3, 0.4) is 0 Å². The van der Waals surface area contributed by atoms with Crippen molar-refractivity contribution in [2.24, 2.45) is 0 Å². The Bertz CT molecular complexity index is 6280. The molecule has 0 saturated carbocycles. The van der Waals surface area contributed by atoms with Crippen molar-refractivity contribution < 1.29 is 37.0 Å². The van der Waals surface area contributed by atoms with Crippen LogP contribution in [0.5, 0.6) is 23.0 Å². The van der Waals surface area contributed by atoms with Crippen LogP contribution in [0.1, 0.15) is 0 Å². The summed E-state index contributed by atoms with van der Waals surface area (Å²) in [5, 5.41) is 23.7. The molecule has 0 atom stereocenters. The summed E-state index contributed by atoms with van der Waals surface area (Å²) in [6, 6.07) is 115. The zero-order valence-electron chi connectivity index (χ0n) is 57.2. The Morgan fingerprint density at radius 2 is 0.299 bits per heavy atom. The second-order valence-electron chi connectivity index (χ2n) is 27.4. The van der Waals surface area contributed by atoms with Crippen molar-refractivity contribution in [3.05, 3.63) is 340 Å². The van der Waals surface area contributed by atoms with Crippen molar-refractivity contribution in [2.45, 2.75) is 0 Å². The van der Waals surface area contributed by atoms with Crippen molar-refractivity contribution in [1.82, 2.24) is 0 Å². The zero-order valence-corrected chi connectivity index (χ0v) is 61.2. The molecule has 500 valence electrons. The Morgan fingerprint density at radius 1 is 0.178 bits per heavy atom. The third-order valence-electron chi connectivity index (χ3n) is 21.5. The van der Waals surface area contributed by atoms with Crippen LogP contribution in [0.2, 0.25) is 0 Å². The summed E-state index contributed by atoms with van der Waals surface area (Å²) in [5.74, 6) is 1.03. The number of hydrogen-bond donors (Lipinski definition) is 0. The summed E-state index contributed by atoms with van der Waals surface area (Å²) in [4.78, 5) is 28.9. The Kier molecular flexibility index (Phi) is 15.3. The molecule has 0 aliphatic carbocycles. The molecule has 0 amide bonds. The molecule has 0 N–H and O–H groups in total. The average Bonchev–Trinajstić information content (AvgIpc) is 1.68. The molecule has 0 radical (unpaired) electrons. The third-order valence-corrected chi connectivity index (χ3v) is 23.1. The summed E-state index contributed by atoms with van der Waals surface area (Å²) in [7, 11) is -10.1. The molecule has 0 aromatic heterocycles. The van der Waals surface area contributed by atoms with Crippen LogP contribution in [0.4, 0.5) is 0 Å². The fourth-order valence-corrected chi connectivity index (χ4v) is 18.9. The van der Waals surface area contributed by atoms with Crippen LogP contribution in [0, 0.1) is 0 Å². The number of hydrogen-bond acceptors (Lipinski definition) is 8. The number of phosphoric acid groups is 2. The number of rotatable bonds is 4. The van der Waals surface area contributed by atoms with Gasteiger partial charge in [-0.3, -0.25) is 0 Å². The minimum atomic E-state index is -5.04. The van der Waals surface area contributed by atoms with Gasteiger partial charge in [-0.05, 0) is 178 Å². The van der Waals surface area contributed by atoms with Crippen molar-refractivity contribution >= 4 is 183 Å². The molecule has 0 saturated heterocycles. The van der Waals surface area contributed by atoms with E-state index < -0.39 is 15.6 Å². The summed E-state index contributed by atoms with van der Waals surface area (Å²) >= 11 is 0. The van der Waals surface area contributed by atoms with E-state index in [1.165, 1.54) is 0 Å². The molecule has 0 unspecified atom stereocenters. The van der Waals surface area contributed by atoms with E-state index in [0.29, 0.717) is 44.5 Å². The van der Waals surface area contributed by atoms with Crippen LogP contribution < -0.4 is 27.9 Å². The first-order valence-corrected chi connectivity index (χ1v) is 38.2. The van der Waals surface area contributed by atoms with Gasteiger partial charge in [0.05, 0.1) is 0 Å². The zero-order chi connectivity index (χ0) is 70.5. The summed E-state index contributed by atoms with van der Waals surface area (Å²) in [6.07, 6.45) is 0. The number of phosphoric ester groups is 2.